The zero-order valence-corrected chi connectivity index (χ0v) is 13.3. The van der Waals surface area contributed by atoms with Crippen LogP contribution in [0.3, 0.4) is 0 Å². The van der Waals surface area contributed by atoms with E-state index in [1.54, 1.807) is 24.3 Å². The van der Waals surface area contributed by atoms with Crippen LogP contribution in [0.4, 0.5) is 0 Å². The minimum absolute atomic E-state index is 0.156. The summed E-state index contributed by atoms with van der Waals surface area (Å²) < 4.78 is 0. The highest BCUT2D eigenvalue weighted by molar-refractivity contribution is 6.02. The van der Waals surface area contributed by atoms with Crippen LogP contribution in [0.15, 0.2) is 72.8 Å². The molecule has 0 aliphatic carbocycles. The van der Waals surface area contributed by atoms with E-state index < -0.39 is 5.97 Å². The van der Waals surface area contributed by atoms with E-state index in [9.17, 15) is 9.90 Å². The molecule has 3 aromatic carbocycles. The lowest BCUT2D eigenvalue weighted by molar-refractivity contribution is -0.254. The molecule has 0 unspecified atom stereocenters. The van der Waals surface area contributed by atoms with Gasteiger partial charge in [0, 0.05) is 10.9 Å². The molecule has 4 aromatic rings. The van der Waals surface area contributed by atoms with Crippen LogP contribution in [0.5, 0.6) is 0 Å². The number of rotatable bonds is 3. The van der Waals surface area contributed by atoms with E-state index in [4.69, 9.17) is 0 Å². The van der Waals surface area contributed by atoms with E-state index in [1.807, 2.05) is 36.4 Å². The largest absolute Gasteiger partial charge is 0.545 e. The van der Waals surface area contributed by atoms with Gasteiger partial charge in [-0.3, -0.25) is 0 Å². The van der Waals surface area contributed by atoms with Gasteiger partial charge in [0.25, 0.3) is 0 Å². The van der Waals surface area contributed by atoms with Gasteiger partial charge in [-0.25, -0.2) is 4.98 Å². The van der Waals surface area contributed by atoms with Gasteiger partial charge in [0.15, 0.2) is 0 Å². The number of carboxylic acids is 1. The first-order valence-electron chi connectivity index (χ1n) is 7.99. The monoisotopic (exact) mass is 324 g/mol. The van der Waals surface area contributed by atoms with Crippen molar-refractivity contribution >= 4 is 39.8 Å². The van der Waals surface area contributed by atoms with Crippen molar-refractivity contribution in [3.63, 3.8) is 0 Å². The minimum atomic E-state index is -1.20. The van der Waals surface area contributed by atoms with Crippen molar-refractivity contribution < 1.29 is 9.90 Å². The van der Waals surface area contributed by atoms with Crippen LogP contribution in [0.1, 0.15) is 21.6 Å². The molecule has 0 radical (unpaired) electrons. The second-order valence-corrected chi connectivity index (χ2v) is 5.84. The predicted molar refractivity (Wildman–Crippen MR) is 98.9 cm³/mol. The second-order valence-electron chi connectivity index (χ2n) is 5.84. The highest BCUT2D eigenvalue weighted by Crippen LogP contribution is 2.20. The molecule has 0 saturated heterocycles. The molecule has 0 aliphatic heterocycles. The van der Waals surface area contributed by atoms with Crippen molar-refractivity contribution in [2.45, 2.75) is 0 Å². The topological polar surface area (TPSA) is 53.0 Å². The number of benzene rings is 3. The van der Waals surface area contributed by atoms with Crippen molar-refractivity contribution in [2.75, 3.05) is 0 Å². The number of para-hydroxylation sites is 1. The molecule has 1 aromatic heterocycles. The SMILES string of the molecule is O=C([O-])c1cc(/C=C/c2ccc3ccccc3c2)nc2ccccc12. The fourth-order valence-corrected chi connectivity index (χ4v) is 2.94. The second kappa shape index (κ2) is 6.21. The Morgan fingerprint density at radius 1 is 0.840 bits per heavy atom. The number of carbonyl (C=O) groups excluding carboxylic acids is 1. The summed E-state index contributed by atoms with van der Waals surface area (Å²) in [6.07, 6.45) is 3.76. The van der Waals surface area contributed by atoms with Gasteiger partial charge in [-0.05, 0) is 40.6 Å². The Hall–Kier alpha value is -3.46. The molecule has 0 amide bonds. The predicted octanol–water partition coefficient (Wildman–Crippen LogP) is 3.92. The van der Waals surface area contributed by atoms with Crippen molar-refractivity contribution in [3.8, 4) is 0 Å². The van der Waals surface area contributed by atoms with Crippen LogP contribution in [-0.4, -0.2) is 11.0 Å². The Labute approximate surface area is 144 Å². The van der Waals surface area contributed by atoms with E-state index in [0.29, 0.717) is 16.6 Å². The van der Waals surface area contributed by atoms with Crippen LogP contribution >= 0.6 is 0 Å². The number of aromatic nitrogens is 1. The summed E-state index contributed by atoms with van der Waals surface area (Å²) in [6.45, 7) is 0. The van der Waals surface area contributed by atoms with E-state index >= 15 is 0 Å². The van der Waals surface area contributed by atoms with Crippen LogP contribution in [0.2, 0.25) is 0 Å². The van der Waals surface area contributed by atoms with Gasteiger partial charge in [0.05, 0.1) is 17.2 Å². The molecule has 0 N–H and O–H groups in total. The number of nitrogens with zero attached hydrogens (tertiary/aromatic N) is 1. The maximum atomic E-state index is 11.4. The van der Waals surface area contributed by atoms with Gasteiger partial charge in [0.1, 0.15) is 0 Å². The summed E-state index contributed by atoms with van der Waals surface area (Å²) in [5.41, 5.74) is 2.42. The first-order chi connectivity index (χ1) is 12.2. The summed E-state index contributed by atoms with van der Waals surface area (Å²) >= 11 is 0. The van der Waals surface area contributed by atoms with Gasteiger partial charge in [0.2, 0.25) is 0 Å². The molecule has 120 valence electrons. The number of hydrogen-bond acceptors (Lipinski definition) is 3. The van der Waals surface area contributed by atoms with E-state index in [-0.39, 0.29) is 5.56 Å². The van der Waals surface area contributed by atoms with Gasteiger partial charge < -0.3 is 9.90 Å². The van der Waals surface area contributed by atoms with Crippen molar-refractivity contribution in [3.05, 3.63) is 89.6 Å². The standard InChI is InChI=1S/C22H15NO2/c24-22(25)20-14-18(23-21-8-4-3-7-19(20)21)12-10-15-9-11-16-5-1-2-6-17(16)13-15/h1-14H,(H,24,25)/p-1/b12-10+. The van der Waals surface area contributed by atoms with Crippen molar-refractivity contribution in [1.29, 1.82) is 0 Å². The van der Waals surface area contributed by atoms with Crippen LogP contribution < -0.4 is 5.11 Å². The lowest BCUT2D eigenvalue weighted by Crippen LogP contribution is -2.22. The Morgan fingerprint density at radius 2 is 1.60 bits per heavy atom. The molecular weight excluding hydrogens is 310 g/mol. The number of carbonyl (C=O) groups is 1. The summed E-state index contributed by atoms with van der Waals surface area (Å²) in [6, 6.07) is 23.1. The Morgan fingerprint density at radius 3 is 2.44 bits per heavy atom. The smallest absolute Gasteiger partial charge is 0.0722 e. The van der Waals surface area contributed by atoms with Crippen LogP contribution in [0, 0.1) is 0 Å². The van der Waals surface area contributed by atoms with Gasteiger partial charge >= 0.3 is 0 Å². The normalized spacial score (nSPS) is 11.4. The summed E-state index contributed by atoms with van der Waals surface area (Å²) in [7, 11) is 0. The molecular formula is C22H14NO2-. The lowest BCUT2D eigenvalue weighted by Gasteiger charge is -2.08. The third-order valence-electron chi connectivity index (χ3n) is 4.18. The average molecular weight is 324 g/mol. The van der Waals surface area contributed by atoms with Gasteiger partial charge in [-0.2, -0.15) is 0 Å². The molecule has 0 saturated carbocycles. The summed E-state index contributed by atoms with van der Waals surface area (Å²) in [4.78, 5) is 15.9. The number of carboxylic acid groups (broad SMARTS) is 1. The number of hydrogen-bond donors (Lipinski definition) is 0. The van der Waals surface area contributed by atoms with Crippen molar-refractivity contribution in [1.82, 2.24) is 4.98 Å². The van der Waals surface area contributed by atoms with Gasteiger partial charge in [-0.1, -0.05) is 60.7 Å². The van der Waals surface area contributed by atoms with E-state index in [0.717, 1.165) is 10.9 Å². The molecule has 0 fully saturated rings. The first-order valence-corrected chi connectivity index (χ1v) is 7.99. The Balaban J connectivity index is 1.76. The zero-order valence-electron chi connectivity index (χ0n) is 13.3. The minimum Gasteiger partial charge on any atom is -0.545 e. The lowest BCUT2D eigenvalue weighted by atomic mass is 10.1. The molecule has 3 heteroatoms. The van der Waals surface area contributed by atoms with E-state index in [2.05, 4.69) is 29.2 Å². The first kappa shape index (κ1) is 15.1. The summed E-state index contributed by atoms with van der Waals surface area (Å²) in [5.74, 6) is -1.20. The quantitative estimate of drug-likeness (QED) is 0.574. The average Bonchev–Trinajstić information content (AvgIpc) is 2.65. The number of pyridine rings is 1. The Bertz CT molecular complexity index is 1130. The zero-order chi connectivity index (χ0) is 17.2. The highest BCUT2D eigenvalue weighted by Gasteiger charge is 2.05. The molecule has 4 rings (SSSR count). The maximum absolute atomic E-state index is 11.4. The molecule has 0 bridgehead atoms. The van der Waals surface area contributed by atoms with E-state index in [1.165, 1.54) is 5.39 Å². The number of aromatic carboxylic acids is 1. The third-order valence-corrected chi connectivity index (χ3v) is 4.18. The molecule has 1 heterocycles. The molecule has 0 atom stereocenters. The highest BCUT2D eigenvalue weighted by atomic mass is 16.4. The fraction of sp³-hybridized carbons (Fsp3) is 0. The number of fused-ring (bicyclic) bond motifs is 2. The molecule has 0 spiro atoms. The fourth-order valence-electron chi connectivity index (χ4n) is 2.94. The Kier molecular flexibility index (Phi) is 3.75. The molecule has 25 heavy (non-hydrogen) atoms. The molecule has 0 aliphatic rings. The maximum Gasteiger partial charge on any atom is 0.0722 e. The van der Waals surface area contributed by atoms with Crippen LogP contribution in [0.25, 0.3) is 33.8 Å². The summed E-state index contributed by atoms with van der Waals surface area (Å²) in [5, 5.41) is 14.4. The van der Waals surface area contributed by atoms with Crippen molar-refractivity contribution in [2.24, 2.45) is 0 Å². The van der Waals surface area contributed by atoms with Gasteiger partial charge in [-0.15, -0.1) is 0 Å². The van der Waals surface area contributed by atoms with Crippen LogP contribution in [-0.2, 0) is 0 Å². The molecule has 3 nitrogen and oxygen atoms in total. The third kappa shape index (κ3) is 3.00.